The van der Waals surface area contributed by atoms with Crippen molar-refractivity contribution in [2.45, 2.75) is 88.5 Å². The summed E-state index contributed by atoms with van der Waals surface area (Å²) < 4.78 is 7.57. The molecule has 8 nitrogen and oxygen atoms in total. The molecule has 8 heteroatoms. The maximum Gasteiger partial charge on any atom is 0.232 e. The van der Waals surface area contributed by atoms with Gasteiger partial charge in [-0.05, 0) is 44.9 Å². The molecule has 0 unspecified atom stereocenters. The first-order chi connectivity index (χ1) is 14.7. The smallest absolute Gasteiger partial charge is 0.232 e. The summed E-state index contributed by atoms with van der Waals surface area (Å²) in [4.78, 5) is 24.5. The van der Waals surface area contributed by atoms with E-state index in [0.717, 1.165) is 56.8 Å². The van der Waals surface area contributed by atoms with Gasteiger partial charge in [-0.25, -0.2) is 9.67 Å². The van der Waals surface area contributed by atoms with Gasteiger partial charge in [0.2, 0.25) is 11.8 Å². The lowest BCUT2D eigenvalue weighted by Crippen LogP contribution is -2.74. The van der Waals surface area contributed by atoms with Crippen LogP contribution in [-0.2, 0) is 15.6 Å². The van der Waals surface area contributed by atoms with Crippen LogP contribution in [0.1, 0.15) is 95.2 Å². The number of rotatable bonds is 4. The Labute approximate surface area is 181 Å². The zero-order valence-corrected chi connectivity index (χ0v) is 18.6. The topological polar surface area (TPSA) is 89.9 Å². The van der Waals surface area contributed by atoms with Gasteiger partial charge in [0, 0.05) is 35.3 Å². The fraction of sp³-hybridized carbons (Fsp3) is 0.783. The SMILES string of the molecule is CC(C)(C)c1nc(C23CC(C(=O)N4CC5(CC(n6cnc(C7CC7)n6)C5)C4)(C2)C3)no1. The van der Waals surface area contributed by atoms with Crippen LogP contribution in [0.2, 0.25) is 0 Å². The molecule has 0 radical (unpaired) electrons. The molecule has 2 aromatic heterocycles. The highest BCUT2D eigenvalue weighted by Gasteiger charge is 2.75. The molecule has 3 heterocycles. The average Bonchev–Trinajstić information content (AvgIpc) is 3.09. The second-order valence-corrected chi connectivity index (χ2v) is 12.3. The number of hydrogen-bond donors (Lipinski definition) is 0. The van der Waals surface area contributed by atoms with Gasteiger partial charge in [-0.15, -0.1) is 0 Å². The van der Waals surface area contributed by atoms with E-state index in [1.165, 1.54) is 12.8 Å². The minimum Gasteiger partial charge on any atom is -0.341 e. The standard InChI is InChI=1S/C23H30N6O2/c1-20(2,3)18-25-17(27-31-18)22-8-23(9-22,10-22)19(30)28-11-21(12-28)6-15(7-21)29-13-24-16(26-29)14-4-5-14/h13-15H,4-12H2,1-3H3. The van der Waals surface area contributed by atoms with Crippen molar-refractivity contribution in [2.24, 2.45) is 10.8 Å². The van der Waals surface area contributed by atoms with E-state index < -0.39 is 0 Å². The monoisotopic (exact) mass is 422 g/mol. The van der Waals surface area contributed by atoms with Gasteiger partial charge >= 0.3 is 0 Å². The third-order valence-corrected chi connectivity index (χ3v) is 8.55. The Balaban J connectivity index is 0.941. The summed E-state index contributed by atoms with van der Waals surface area (Å²) in [5.41, 5.74) is 0.0145. The first-order valence-corrected chi connectivity index (χ1v) is 11.7. The maximum absolute atomic E-state index is 13.2. The fourth-order valence-electron chi connectivity index (χ4n) is 6.62. The van der Waals surface area contributed by atoms with E-state index in [1.54, 1.807) is 0 Å². The van der Waals surface area contributed by atoms with Crippen molar-refractivity contribution in [2.75, 3.05) is 13.1 Å². The van der Waals surface area contributed by atoms with Crippen LogP contribution < -0.4 is 0 Å². The van der Waals surface area contributed by atoms with Crippen LogP contribution >= 0.6 is 0 Å². The molecule has 0 N–H and O–H groups in total. The van der Waals surface area contributed by atoms with Crippen molar-refractivity contribution in [3.05, 3.63) is 23.9 Å². The van der Waals surface area contributed by atoms with E-state index in [2.05, 4.69) is 45.5 Å². The van der Waals surface area contributed by atoms with Crippen molar-refractivity contribution in [3.8, 4) is 0 Å². The molecule has 1 amide bonds. The first-order valence-electron chi connectivity index (χ1n) is 11.7. The normalized spacial score (nSPS) is 33.5. The van der Waals surface area contributed by atoms with Crippen LogP contribution in [0.3, 0.4) is 0 Å². The zero-order valence-electron chi connectivity index (χ0n) is 18.6. The van der Waals surface area contributed by atoms with Gasteiger partial charge in [0.1, 0.15) is 6.33 Å². The maximum atomic E-state index is 13.2. The Morgan fingerprint density at radius 2 is 1.87 bits per heavy atom. The zero-order chi connectivity index (χ0) is 21.2. The summed E-state index contributed by atoms with van der Waals surface area (Å²) in [5.74, 6) is 3.50. The molecule has 1 saturated heterocycles. The molecule has 6 fully saturated rings. The minimum atomic E-state index is -0.154. The third-order valence-electron chi connectivity index (χ3n) is 8.55. The summed E-state index contributed by atoms with van der Waals surface area (Å²) in [6, 6.07) is 0.464. The minimum absolute atomic E-state index is 0.0147. The Kier molecular flexibility index (Phi) is 3.18. The lowest BCUT2D eigenvalue weighted by molar-refractivity contribution is -0.205. The Hall–Kier alpha value is -2.25. The van der Waals surface area contributed by atoms with Gasteiger partial charge in [0.25, 0.3) is 0 Å². The summed E-state index contributed by atoms with van der Waals surface area (Å²) in [6.45, 7) is 8.07. The number of carbonyl (C=O) groups is 1. The Morgan fingerprint density at radius 1 is 1.16 bits per heavy atom. The van der Waals surface area contributed by atoms with Crippen LogP contribution in [-0.4, -0.2) is 48.8 Å². The quantitative estimate of drug-likeness (QED) is 0.752. The number of amides is 1. The second-order valence-electron chi connectivity index (χ2n) is 12.3. The molecule has 6 aliphatic rings. The molecule has 164 valence electrons. The van der Waals surface area contributed by atoms with Gasteiger partial charge in [-0.1, -0.05) is 25.9 Å². The van der Waals surface area contributed by atoms with Gasteiger partial charge in [0.05, 0.1) is 11.5 Å². The van der Waals surface area contributed by atoms with Gasteiger partial charge in [-0.2, -0.15) is 10.1 Å². The van der Waals surface area contributed by atoms with Crippen molar-refractivity contribution in [3.63, 3.8) is 0 Å². The van der Waals surface area contributed by atoms with Crippen LogP contribution in [0.15, 0.2) is 10.9 Å². The molecule has 2 bridgehead atoms. The van der Waals surface area contributed by atoms with Gasteiger partial charge < -0.3 is 9.42 Å². The molecule has 5 saturated carbocycles. The first kappa shape index (κ1) is 18.3. The lowest BCUT2D eigenvalue weighted by atomic mass is 9.34. The molecule has 31 heavy (non-hydrogen) atoms. The number of likely N-dealkylation sites (tertiary alicyclic amines) is 1. The highest BCUT2D eigenvalue weighted by atomic mass is 16.5. The third kappa shape index (κ3) is 2.44. The average molecular weight is 423 g/mol. The highest BCUT2D eigenvalue weighted by Crippen LogP contribution is 2.74. The Morgan fingerprint density at radius 3 is 2.48 bits per heavy atom. The molecule has 0 atom stereocenters. The largest absolute Gasteiger partial charge is 0.341 e. The number of nitrogens with zero attached hydrogens (tertiary/aromatic N) is 6. The van der Waals surface area contributed by atoms with E-state index in [4.69, 9.17) is 9.62 Å². The Bertz CT molecular complexity index is 1060. The van der Waals surface area contributed by atoms with Crippen LogP contribution in [0.25, 0.3) is 0 Å². The summed E-state index contributed by atoms with van der Waals surface area (Å²) in [7, 11) is 0. The van der Waals surface area contributed by atoms with E-state index >= 15 is 0 Å². The van der Waals surface area contributed by atoms with Crippen LogP contribution in [0.5, 0.6) is 0 Å². The van der Waals surface area contributed by atoms with Gasteiger partial charge in [-0.3, -0.25) is 4.79 Å². The highest BCUT2D eigenvalue weighted by molar-refractivity contribution is 5.88. The van der Waals surface area contributed by atoms with E-state index in [-0.39, 0.29) is 16.2 Å². The van der Waals surface area contributed by atoms with Gasteiger partial charge in [0.15, 0.2) is 11.6 Å². The van der Waals surface area contributed by atoms with Crippen molar-refractivity contribution in [1.82, 2.24) is 29.8 Å². The van der Waals surface area contributed by atoms with Crippen molar-refractivity contribution >= 4 is 5.91 Å². The number of aromatic nitrogens is 5. The lowest BCUT2D eigenvalue weighted by Gasteiger charge is -2.70. The van der Waals surface area contributed by atoms with E-state index in [0.29, 0.717) is 29.2 Å². The second kappa shape index (κ2) is 5.38. The summed E-state index contributed by atoms with van der Waals surface area (Å²) in [5, 5.41) is 8.96. The molecule has 1 aliphatic heterocycles. The molecular weight excluding hydrogens is 392 g/mol. The molecule has 8 rings (SSSR count). The van der Waals surface area contributed by atoms with Crippen molar-refractivity contribution in [1.29, 1.82) is 0 Å². The predicted octanol–water partition coefficient (Wildman–Crippen LogP) is 3.12. The number of carbonyl (C=O) groups excluding carboxylic acids is 1. The van der Waals surface area contributed by atoms with Crippen LogP contribution in [0, 0.1) is 10.8 Å². The molecule has 1 spiro atoms. The molecule has 0 aromatic carbocycles. The fourth-order valence-corrected chi connectivity index (χ4v) is 6.62. The van der Waals surface area contributed by atoms with Crippen molar-refractivity contribution < 1.29 is 9.32 Å². The molecular formula is C23H30N6O2. The van der Waals surface area contributed by atoms with Crippen LogP contribution in [0.4, 0.5) is 0 Å². The van der Waals surface area contributed by atoms with E-state index in [9.17, 15) is 4.79 Å². The summed E-state index contributed by atoms with van der Waals surface area (Å²) >= 11 is 0. The molecule has 2 aromatic rings. The predicted molar refractivity (Wildman–Crippen MR) is 110 cm³/mol. The molecule has 5 aliphatic carbocycles. The summed E-state index contributed by atoms with van der Waals surface area (Å²) in [6.07, 6.45) is 9.30. The van der Waals surface area contributed by atoms with E-state index in [1.807, 2.05) is 6.33 Å². The number of hydrogen-bond acceptors (Lipinski definition) is 6.